The molecule has 202 valence electrons. The Balaban J connectivity index is 1.66. The summed E-state index contributed by atoms with van der Waals surface area (Å²) < 4.78 is 28.5. The number of ether oxygens (including phenoxy) is 5. The van der Waals surface area contributed by atoms with E-state index in [-0.39, 0.29) is 17.2 Å². The molecule has 0 fully saturated rings. The number of esters is 1. The SMILES string of the molecule is CCCCCOc1ccc(C2C(C#N)=C(N)Oc3cc(OC(=O)c4ccccc4OC)ccc32)cc1OCC. The number of nitrogens with two attached hydrogens (primary N) is 1. The smallest absolute Gasteiger partial charge is 0.347 e. The average molecular weight is 529 g/mol. The zero-order valence-electron chi connectivity index (χ0n) is 22.4. The van der Waals surface area contributed by atoms with Crippen molar-refractivity contribution in [1.29, 1.82) is 5.26 Å². The van der Waals surface area contributed by atoms with Crippen LogP contribution in [0, 0.1) is 11.3 Å². The molecule has 3 aromatic rings. The van der Waals surface area contributed by atoms with Gasteiger partial charge < -0.3 is 29.4 Å². The fourth-order valence-electron chi connectivity index (χ4n) is 4.44. The summed E-state index contributed by atoms with van der Waals surface area (Å²) in [7, 11) is 1.49. The van der Waals surface area contributed by atoms with Crippen LogP contribution in [-0.2, 0) is 0 Å². The van der Waals surface area contributed by atoms with Crippen LogP contribution in [0.4, 0.5) is 0 Å². The van der Waals surface area contributed by atoms with Gasteiger partial charge in [0.25, 0.3) is 0 Å². The van der Waals surface area contributed by atoms with Crippen molar-refractivity contribution in [2.75, 3.05) is 20.3 Å². The number of benzene rings is 3. The molecule has 1 aliphatic heterocycles. The highest BCUT2D eigenvalue weighted by Crippen LogP contribution is 2.45. The van der Waals surface area contributed by atoms with Crippen molar-refractivity contribution in [2.45, 2.75) is 39.0 Å². The minimum atomic E-state index is -0.572. The van der Waals surface area contributed by atoms with E-state index in [0.29, 0.717) is 47.3 Å². The van der Waals surface area contributed by atoms with Gasteiger partial charge in [0.1, 0.15) is 34.5 Å². The van der Waals surface area contributed by atoms with Gasteiger partial charge in [-0.15, -0.1) is 0 Å². The summed E-state index contributed by atoms with van der Waals surface area (Å²) in [6.07, 6.45) is 3.15. The highest BCUT2D eigenvalue weighted by Gasteiger charge is 2.32. The Morgan fingerprint density at radius 1 is 1.00 bits per heavy atom. The summed E-state index contributed by atoms with van der Waals surface area (Å²) in [5, 5.41) is 9.96. The second-order valence-electron chi connectivity index (χ2n) is 8.91. The van der Waals surface area contributed by atoms with Gasteiger partial charge in [0.2, 0.25) is 5.88 Å². The van der Waals surface area contributed by atoms with Crippen molar-refractivity contribution < 1.29 is 28.5 Å². The normalized spacial score (nSPS) is 14.1. The topological polar surface area (TPSA) is 113 Å². The Labute approximate surface area is 228 Å². The minimum absolute atomic E-state index is 0.0129. The lowest BCUT2D eigenvalue weighted by atomic mass is 9.83. The van der Waals surface area contributed by atoms with Crippen molar-refractivity contribution in [3.63, 3.8) is 0 Å². The van der Waals surface area contributed by atoms with Gasteiger partial charge >= 0.3 is 5.97 Å². The molecule has 8 heteroatoms. The molecular weight excluding hydrogens is 496 g/mol. The number of rotatable bonds is 11. The maximum atomic E-state index is 12.8. The molecule has 0 saturated heterocycles. The number of nitrogens with zero attached hydrogens (tertiary/aromatic N) is 1. The number of allylic oxidation sites excluding steroid dienone is 1. The number of nitriles is 1. The summed E-state index contributed by atoms with van der Waals surface area (Å²) in [5.41, 5.74) is 8.26. The van der Waals surface area contributed by atoms with E-state index in [2.05, 4.69) is 13.0 Å². The average Bonchev–Trinajstić information content (AvgIpc) is 2.95. The molecule has 2 N–H and O–H groups in total. The molecule has 1 unspecified atom stereocenters. The first kappa shape index (κ1) is 27.4. The van der Waals surface area contributed by atoms with Gasteiger partial charge in [0.05, 0.1) is 26.2 Å². The zero-order chi connectivity index (χ0) is 27.8. The summed E-state index contributed by atoms with van der Waals surface area (Å²) in [6.45, 7) is 5.11. The van der Waals surface area contributed by atoms with Gasteiger partial charge in [0.15, 0.2) is 11.5 Å². The molecule has 0 amide bonds. The zero-order valence-corrected chi connectivity index (χ0v) is 22.4. The third kappa shape index (κ3) is 6.10. The second-order valence-corrected chi connectivity index (χ2v) is 8.91. The minimum Gasteiger partial charge on any atom is -0.496 e. The fraction of sp³-hybridized carbons (Fsp3) is 0.290. The standard InChI is InChI=1S/C31H32N2O6/c1-4-6-9-16-37-26-15-12-20(17-28(26)36-5-2)29-22-14-13-21(18-27(22)39-30(33)24(29)19-32)38-31(34)23-10-7-8-11-25(23)35-3/h7-8,10-15,17-18,29H,4-6,9,16,33H2,1-3H3. The molecule has 0 bridgehead atoms. The number of hydrogen-bond acceptors (Lipinski definition) is 8. The van der Waals surface area contributed by atoms with E-state index in [1.807, 2.05) is 25.1 Å². The van der Waals surface area contributed by atoms with Crippen LogP contribution in [0.2, 0.25) is 0 Å². The van der Waals surface area contributed by atoms with Crippen LogP contribution in [0.5, 0.6) is 28.7 Å². The lowest BCUT2D eigenvalue weighted by molar-refractivity contribution is 0.0731. The summed E-state index contributed by atoms with van der Waals surface area (Å²) in [4.78, 5) is 12.8. The molecule has 39 heavy (non-hydrogen) atoms. The van der Waals surface area contributed by atoms with Crippen LogP contribution < -0.4 is 29.4 Å². The van der Waals surface area contributed by atoms with Crippen molar-refractivity contribution >= 4 is 5.97 Å². The van der Waals surface area contributed by atoms with Crippen molar-refractivity contribution in [2.24, 2.45) is 5.73 Å². The van der Waals surface area contributed by atoms with Gasteiger partial charge in [-0.05, 0) is 49.2 Å². The third-order valence-corrected chi connectivity index (χ3v) is 6.33. The van der Waals surface area contributed by atoms with Gasteiger partial charge in [-0.1, -0.05) is 44.0 Å². The van der Waals surface area contributed by atoms with Gasteiger partial charge in [-0.25, -0.2) is 4.79 Å². The first-order valence-electron chi connectivity index (χ1n) is 13.0. The predicted molar refractivity (Wildman–Crippen MR) is 146 cm³/mol. The number of carbonyl (C=O) groups is 1. The molecule has 0 aliphatic carbocycles. The first-order valence-corrected chi connectivity index (χ1v) is 13.0. The molecule has 0 saturated carbocycles. The molecule has 1 heterocycles. The van der Waals surface area contributed by atoms with Crippen molar-refractivity contribution in [3.05, 3.63) is 88.8 Å². The first-order chi connectivity index (χ1) is 19.0. The Kier molecular flexibility index (Phi) is 8.95. The summed E-state index contributed by atoms with van der Waals surface area (Å²) in [6, 6.07) is 19.7. The van der Waals surface area contributed by atoms with Crippen LogP contribution in [0.1, 0.15) is 60.5 Å². The second kappa shape index (κ2) is 12.7. The highest BCUT2D eigenvalue weighted by molar-refractivity contribution is 5.94. The Morgan fingerprint density at radius 2 is 1.82 bits per heavy atom. The van der Waals surface area contributed by atoms with E-state index in [1.165, 1.54) is 7.11 Å². The van der Waals surface area contributed by atoms with E-state index in [4.69, 9.17) is 29.4 Å². The number of hydrogen-bond donors (Lipinski definition) is 1. The number of para-hydroxylation sites is 1. The highest BCUT2D eigenvalue weighted by atomic mass is 16.5. The molecule has 1 aliphatic rings. The molecule has 4 rings (SSSR count). The van der Waals surface area contributed by atoms with Crippen LogP contribution in [0.15, 0.2) is 72.1 Å². The number of unbranched alkanes of at least 4 members (excludes halogenated alkanes) is 2. The molecule has 0 spiro atoms. The number of methoxy groups -OCH3 is 1. The Bertz CT molecular complexity index is 1410. The van der Waals surface area contributed by atoms with Gasteiger partial charge in [0, 0.05) is 11.6 Å². The predicted octanol–water partition coefficient (Wildman–Crippen LogP) is 6.10. The molecule has 1 atom stereocenters. The molecular formula is C31H32N2O6. The lowest BCUT2D eigenvalue weighted by Crippen LogP contribution is -2.21. The Hall–Kier alpha value is -4.64. The third-order valence-electron chi connectivity index (χ3n) is 6.33. The van der Waals surface area contributed by atoms with Crippen LogP contribution in [0.25, 0.3) is 0 Å². The van der Waals surface area contributed by atoms with Gasteiger partial charge in [-0.3, -0.25) is 0 Å². The summed E-state index contributed by atoms with van der Waals surface area (Å²) in [5.74, 6) is 1.22. The molecule has 0 radical (unpaired) electrons. The van der Waals surface area contributed by atoms with Gasteiger partial charge in [-0.2, -0.15) is 5.26 Å². The molecule has 8 nitrogen and oxygen atoms in total. The summed E-state index contributed by atoms with van der Waals surface area (Å²) >= 11 is 0. The van der Waals surface area contributed by atoms with Crippen LogP contribution >= 0.6 is 0 Å². The number of fused-ring (bicyclic) bond motifs is 1. The van der Waals surface area contributed by atoms with E-state index >= 15 is 0 Å². The quantitative estimate of drug-likeness (QED) is 0.180. The lowest BCUT2D eigenvalue weighted by Gasteiger charge is -2.27. The van der Waals surface area contributed by atoms with Crippen LogP contribution in [0.3, 0.4) is 0 Å². The van der Waals surface area contributed by atoms with E-state index < -0.39 is 11.9 Å². The van der Waals surface area contributed by atoms with E-state index in [0.717, 1.165) is 24.8 Å². The monoisotopic (exact) mass is 528 g/mol. The maximum Gasteiger partial charge on any atom is 0.347 e. The van der Waals surface area contributed by atoms with Crippen molar-refractivity contribution in [1.82, 2.24) is 0 Å². The molecule has 3 aromatic carbocycles. The van der Waals surface area contributed by atoms with Crippen LogP contribution in [-0.4, -0.2) is 26.3 Å². The van der Waals surface area contributed by atoms with E-state index in [9.17, 15) is 10.1 Å². The maximum absolute atomic E-state index is 12.8. The Morgan fingerprint density at radius 3 is 2.56 bits per heavy atom. The largest absolute Gasteiger partial charge is 0.496 e. The van der Waals surface area contributed by atoms with E-state index in [1.54, 1.807) is 42.5 Å². The number of carbonyl (C=O) groups excluding carboxylic acids is 1. The van der Waals surface area contributed by atoms with Crippen molar-refractivity contribution in [3.8, 4) is 34.8 Å². The molecule has 0 aromatic heterocycles. The fourth-order valence-corrected chi connectivity index (χ4v) is 4.44.